The second kappa shape index (κ2) is 6.08. The zero-order chi connectivity index (χ0) is 16.4. The minimum Gasteiger partial charge on any atom is -0.307 e. The van der Waals surface area contributed by atoms with Crippen LogP contribution < -0.4 is 5.62 Å². The van der Waals surface area contributed by atoms with Crippen molar-refractivity contribution in [1.29, 1.82) is 5.41 Å². The van der Waals surface area contributed by atoms with Crippen LogP contribution in [-0.4, -0.2) is 14.9 Å². The summed E-state index contributed by atoms with van der Waals surface area (Å²) in [4.78, 5) is 12.6. The first-order valence-corrected chi connectivity index (χ1v) is 7.55. The van der Waals surface area contributed by atoms with E-state index in [2.05, 4.69) is 6.58 Å². The first-order chi connectivity index (χ1) is 11.1. The number of hydrogen-bond donors (Lipinski definition) is 1. The molecule has 0 amide bonds. The van der Waals surface area contributed by atoms with Gasteiger partial charge in [0.25, 0.3) is 0 Å². The van der Waals surface area contributed by atoms with Gasteiger partial charge in [0.15, 0.2) is 5.78 Å². The third kappa shape index (κ3) is 2.75. The number of aromatic nitrogens is 2. The molecule has 0 atom stereocenters. The molecule has 1 N–H and O–H groups in total. The van der Waals surface area contributed by atoms with E-state index in [9.17, 15) is 4.79 Å². The van der Waals surface area contributed by atoms with Crippen LogP contribution in [-0.2, 0) is 13.1 Å². The van der Waals surface area contributed by atoms with Crippen molar-refractivity contribution >= 4 is 16.8 Å². The maximum Gasteiger partial charge on any atom is 0.203 e. The van der Waals surface area contributed by atoms with Gasteiger partial charge in [-0.1, -0.05) is 48.0 Å². The van der Waals surface area contributed by atoms with Crippen LogP contribution in [0.15, 0.2) is 61.2 Å². The van der Waals surface area contributed by atoms with Crippen molar-refractivity contribution in [3.8, 4) is 0 Å². The topological polar surface area (TPSA) is 50.8 Å². The SMILES string of the molecule is C=CCn1c(=N)n(CC(=O)c2ccc(C)cc2)c2ccccc21. The van der Waals surface area contributed by atoms with Crippen LogP contribution in [0.3, 0.4) is 0 Å². The largest absolute Gasteiger partial charge is 0.307 e. The molecule has 1 heterocycles. The Morgan fingerprint density at radius 2 is 1.70 bits per heavy atom. The number of nitrogens with one attached hydrogen (secondary N) is 1. The molecule has 0 aliphatic rings. The van der Waals surface area contributed by atoms with Gasteiger partial charge in [-0.15, -0.1) is 6.58 Å². The van der Waals surface area contributed by atoms with E-state index in [0.717, 1.165) is 16.6 Å². The number of ketones is 1. The number of nitrogens with zero attached hydrogens (tertiary/aromatic N) is 2. The van der Waals surface area contributed by atoms with Crippen molar-refractivity contribution in [1.82, 2.24) is 9.13 Å². The lowest BCUT2D eigenvalue weighted by atomic mass is 10.1. The molecular formula is C19H19N3O. The second-order valence-electron chi connectivity index (χ2n) is 5.59. The van der Waals surface area contributed by atoms with Gasteiger partial charge >= 0.3 is 0 Å². The van der Waals surface area contributed by atoms with Gasteiger partial charge in [0.2, 0.25) is 5.62 Å². The number of imidazole rings is 1. The maximum atomic E-state index is 12.6. The number of fused-ring (bicyclic) bond motifs is 1. The smallest absolute Gasteiger partial charge is 0.203 e. The molecule has 0 bridgehead atoms. The van der Waals surface area contributed by atoms with Crippen molar-refractivity contribution in [2.24, 2.45) is 0 Å². The van der Waals surface area contributed by atoms with E-state index >= 15 is 0 Å². The molecule has 0 spiro atoms. The highest BCUT2D eigenvalue weighted by Crippen LogP contribution is 2.14. The van der Waals surface area contributed by atoms with E-state index in [1.54, 1.807) is 10.6 Å². The Morgan fingerprint density at radius 3 is 2.30 bits per heavy atom. The van der Waals surface area contributed by atoms with Crippen LogP contribution >= 0.6 is 0 Å². The number of rotatable bonds is 5. The van der Waals surface area contributed by atoms with E-state index in [1.165, 1.54) is 0 Å². The van der Waals surface area contributed by atoms with Gasteiger partial charge in [0.05, 0.1) is 17.6 Å². The van der Waals surface area contributed by atoms with Gasteiger partial charge < -0.3 is 9.13 Å². The molecule has 4 heteroatoms. The highest BCUT2D eigenvalue weighted by Gasteiger charge is 2.13. The van der Waals surface area contributed by atoms with Crippen molar-refractivity contribution in [3.63, 3.8) is 0 Å². The summed E-state index contributed by atoms with van der Waals surface area (Å²) in [6.07, 6.45) is 1.76. The van der Waals surface area contributed by atoms with Gasteiger partial charge in [-0.25, -0.2) is 0 Å². The highest BCUT2D eigenvalue weighted by atomic mass is 16.1. The molecule has 0 fully saturated rings. The van der Waals surface area contributed by atoms with Crippen LogP contribution in [0, 0.1) is 12.3 Å². The standard InChI is InChI=1S/C19H19N3O/c1-3-12-21-16-6-4-5-7-17(16)22(19(21)20)13-18(23)15-10-8-14(2)9-11-15/h3-11,20H,1,12-13H2,2H3. The van der Waals surface area contributed by atoms with Crippen LogP contribution in [0.2, 0.25) is 0 Å². The lowest BCUT2D eigenvalue weighted by molar-refractivity contribution is 0.0971. The number of benzene rings is 2. The van der Waals surface area contributed by atoms with Crippen molar-refractivity contribution in [2.75, 3.05) is 0 Å². The van der Waals surface area contributed by atoms with Gasteiger partial charge in [0.1, 0.15) is 0 Å². The van der Waals surface area contributed by atoms with Crippen LogP contribution in [0.25, 0.3) is 11.0 Å². The fraction of sp³-hybridized carbons (Fsp3) is 0.158. The first-order valence-electron chi connectivity index (χ1n) is 7.55. The summed E-state index contributed by atoms with van der Waals surface area (Å²) in [5, 5.41) is 8.39. The van der Waals surface area contributed by atoms with E-state index in [-0.39, 0.29) is 12.3 Å². The maximum absolute atomic E-state index is 12.6. The fourth-order valence-corrected chi connectivity index (χ4v) is 2.74. The third-order valence-electron chi connectivity index (χ3n) is 3.96. The predicted molar refractivity (Wildman–Crippen MR) is 91.5 cm³/mol. The number of allylic oxidation sites excluding steroid dienone is 1. The minimum absolute atomic E-state index is 0.00464. The molecule has 0 saturated heterocycles. The van der Waals surface area contributed by atoms with Gasteiger partial charge in [-0.3, -0.25) is 10.2 Å². The minimum atomic E-state index is 0.00464. The summed E-state index contributed by atoms with van der Waals surface area (Å²) in [7, 11) is 0. The molecule has 0 aliphatic heterocycles. The van der Waals surface area contributed by atoms with Crippen molar-refractivity contribution in [3.05, 3.63) is 77.9 Å². The van der Waals surface area contributed by atoms with Crippen molar-refractivity contribution < 1.29 is 4.79 Å². The summed E-state index contributed by atoms with van der Waals surface area (Å²) in [6, 6.07) is 15.3. The number of aryl methyl sites for hydroxylation is 1. The van der Waals surface area contributed by atoms with Gasteiger partial charge in [0, 0.05) is 12.1 Å². The monoisotopic (exact) mass is 305 g/mol. The molecule has 4 nitrogen and oxygen atoms in total. The number of hydrogen-bond acceptors (Lipinski definition) is 2. The summed E-state index contributed by atoms with van der Waals surface area (Å²) < 4.78 is 3.60. The zero-order valence-corrected chi connectivity index (χ0v) is 13.1. The Balaban J connectivity index is 2.04. The average molecular weight is 305 g/mol. The summed E-state index contributed by atoms with van der Waals surface area (Å²) in [6.45, 7) is 6.45. The van der Waals surface area contributed by atoms with E-state index in [0.29, 0.717) is 17.7 Å². The van der Waals surface area contributed by atoms with Crippen LogP contribution in [0.5, 0.6) is 0 Å². The molecule has 1 aromatic heterocycles. The summed E-state index contributed by atoms with van der Waals surface area (Å²) >= 11 is 0. The number of carbonyl (C=O) groups is 1. The Labute approximate surface area is 134 Å². The quantitative estimate of drug-likeness (QED) is 0.570. The lowest BCUT2D eigenvalue weighted by Gasteiger charge is -2.05. The number of carbonyl (C=O) groups excluding carboxylic acids is 1. The Hall–Kier alpha value is -2.88. The zero-order valence-electron chi connectivity index (χ0n) is 13.1. The van der Waals surface area contributed by atoms with Crippen molar-refractivity contribution in [2.45, 2.75) is 20.0 Å². The molecule has 3 rings (SSSR count). The van der Waals surface area contributed by atoms with E-state index in [1.807, 2.05) is 60.0 Å². The van der Waals surface area contributed by atoms with Crippen LogP contribution in [0.4, 0.5) is 0 Å². The molecule has 2 aromatic carbocycles. The van der Waals surface area contributed by atoms with Crippen LogP contribution in [0.1, 0.15) is 15.9 Å². The summed E-state index contributed by atoms with van der Waals surface area (Å²) in [5.41, 5.74) is 3.93. The Bertz CT molecular complexity index is 929. The normalized spacial score (nSPS) is 10.8. The number of para-hydroxylation sites is 2. The van der Waals surface area contributed by atoms with Gasteiger partial charge in [-0.05, 0) is 19.1 Å². The van der Waals surface area contributed by atoms with E-state index < -0.39 is 0 Å². The molecule has 116 valence electrons. The fourth-order valence-electron chi connectivity index (χ4n) is 2.74. The average Bonchev–Trinajstić information content (AvgIpc) is 2.82. The third-order valence-corrected chi connectivity index (χ3v) is 3.96. The highest BCUT2D eigenvalue weighted by molar-refractivity contribution is 5.96. The molecule has 0 aliphatic carbocycles. The van der Waals surface area contributed by atoms with E-state index in [4.69, 9.17) is 5.41 Å². The van der Waals surface area contributed by atoms with Gasteiger partial charge in [-0.2, -0.15) is 0 Å². The molecular weight excluding hydrogens is 286 g/mol. The molecule has 0 radical (unpaired) electrons. The second-order valence-corrected chi connectivity index (χ2v) is 5.59. The molecule has 0 unspecified atom stereocenters. The predicted octanol–water partition coefficient (Wildman–Crippen LogP) is 3.30. The molecule has 3 aromatic rings. The number of Topliss-reactive ketones (excluding diaryl/α,β-unsaturated/α-hetero) is 1. The molecule has 0 saturated carbocycles. The Morgan fingerprint density at radius 1 is 1.09 bits per heavy atom. The molecule has 23 heavy (non-hydrogen) atoms. The lowest BCUT2D eigenvalue weighted by Crippen LogP contribution is -2.27. The first kappa shape index (κ1) is 15.0. The summed E-state index contributed by atoms with van der Waals surface area (Å²) in [5.74, 6) is 0.00464. The Kier molecular flexibility index (Phi) is 3.98.